The Kier molecular flexibility index (Phi) is 5.69. The second-order valence-electron chi connectivity index (χ2n) is 9.37. The molecule has 0 aliphatic carbocycles. The molecule has 9 heteroatoms. The van der Waals surface area contributed by atoms with Crippen LogP contribution in [0.5, 0.6) is 5.75 Å². The number of nitrogens with zero attached hydrogens (tertiary/aromatic N) is 4. The van der Waals surface area contributed by atoms with E-state index in [1.54, 1.807) is 16.7 Å². The number of aromatic nitrogens is 3. The number of hydrogen-bond acceptors (Lipinski definition) is 5. The summed E-state index contributed by atoms with van der Waals surface area (Å²) in [4.78, 5) is 33.6. The van der Waals surface area contributed by atoms with Crippen LogP contribution in [0.2, 0.25) is 0 Å². The van der Waals surface area contributed by atoms with Crippen molar-refractivity contribution in [3.63, 3.8) is 0 Å². The first-order valence-corrected chi connectivity index (χ1v) is 12.2. The lowest BCUT2D eigenvalue weighted by molar-refractivity contribution is -0.153. The molecule has 2 N–H and O–H groups in total. The topological polar surface area (TPSA) is 95.5 Å². The summed E-state index contributed by atoms with van der Waals surface area (Å²) in [5.74, 6) is 0.655. The molecule has 2 aromatic carbocycles. The number of amides is 2. The number of methoxy groups -OCH3 is 1. The third kappa shape index (κ3) is 4.01. The molecule has 2 amide bonds. The van der Waals surface area contributed by atoms with E-state index >= 15 is 0 Å². The monoisotopic (exact) mass is 484 g/mol. The molecular formula is C27H28N6O3. The number of H-pyrrole nitrogens is 1. The fraction of sp³-hybridized carbons (Fsp3) is 0.296. The molecule has 2 atom stereocenters. The zero-order chi connectivity index (χ0) is 24.6. The van der Waals surface area contributed by atoms with E-state index in [0.717, 1.165) is 33.5 Å². The predicted octanol–water partition coefficient (Wildman–Crippen LogP) is 2.12. The molecule has 2 aliphatic heterocycles. The van der Waals surface area contributed by atoms with Crippen molar-refractivity contribution >= 4 is 22.7 Å². The number of fused-ring (bicyclic) bond motifs is 2. The molecule has 36 heavy (non-hydrogen) atoms. The average Bonchev–Trinajstić information content (AvgIpc) is 3.54. The number of carbonyl (C=O) groups excluding carboxylic acids is 2. The summed E-state index contributed by atoms with van der Waals surface area (Å²) in [6, 6.07) is 14.7. The molecule has 184 valence electrons. The van der Waals surface area contributed by atoms with Crippen LogP contribution in [0.25, 0.3) is 16.6 Å². The van der Waals surface area contributed by atoms with Crippen molar-refractivity contribution in [2.24, 2.45) is 0 Å². The van der Waals surface area contributed by atoms with Gasteiger partial charge in [0.15, 0.2) is 0 Å². The van der Waals surface area contributed by atoms with E-state index in [1.807, 2.05) is 67.1 Å². The Morgan fingerprint density at radius 1 is 1.08 bits per heavy atom. The van der Waals surface area contributed by atoms with Gasteiger partial charge in [0.2, 0.25) is 11.8 Å². The number of aromatic amines is 1. The van der Waals surface area contributed by atoms with Crippen LogP contribution in [-0.2, 0) is 22.6 Å². The smallest absolute Gasteiger partial charge is 0.246 e. The second kappa shape index (κ2) is 9.16. The molecule has 2 fully saturated rings. The third-order valence-corrected chi connectivity index (χ3v) is 7.14. The van der Waals surface area contributed by atoms with E-state index < -0.39 is 12.1 Å². The summed E-state index contributed by atoms with van der Waals surface area (Å²) in [6.07, 6.45) is 6.22. The summed E-state index contributed by atoms with van der Waals surface area (Å²) in [5, 5.41) is 8.57. The highest BCUT2D eigenvalue weighted by atomic mass is 16.5. The zero-order valence-electron chi connectivity index (χ0n) is 20.1. The minimum atomic E-state index is -0.543. The van der Waals surface area contributed by atoms with E-state index in [1.165, 1.54) is 0 Å². The van der Waals surface area contributed by atoms with Gasteiger partial charge in [-0.2, -0.15) is 5.10 Å². The lowest BCUT2D eigenvalue weighted by atomic mass is 9.98. The maximum absolute atomic E-state index is 13.3. The Morgan fingerprint density at radius 3 is 2.81 bits per heavy atom. The molecule has 0 radical (unpaired) electrons. The SMILES string of the molecule is COc1ccccc1-n1cc(CN2CCN3C(=O)[C@H](Cc4c[nH]c5ccccc45)NC(=O)[C@H]3C2)cn1. The lowest BCUT2D eigenvalue weighted by Crippen LogP contribution is -2.69. The highest BCUT2D eigenvalue weighted by Crippen LogP contribution is 2.25. The number of piperazine rings is 2. The number of benzene rings is 2. The molecule has 4 aromatic rings. The third-order valence-electron chi connectivity index (χ3n) is 7.14. The number of carbonyl (C=O) groups is 2. The summed E-state index contributed by atoms with van der Waals surface area (Å²) < 4.78 is 7.25. The molecule has 0 unspecified atom stereocenters. The molecular weight excluding hydrogens is 456 g/mol. The van der Waals surface area contributed by atoms with Crippen molar-refractivity contribution in [3.05, 3.63) is 78.2 Å². The predicted molar refractivity (Wildman–Crippen MR) is 135 cm³/mol. The van der Waals surface area contributed by atoms with Gasteiger partial charge in [0.05, 0.1) is 13.3 Å². The van der Waals surface area contributed by atoms with Gasteiger partial charge >= 0.3 is 0 Å². The highest BCUT2D eigenvalue weighted by Gasteiger charge is 2.43. The van der Waals surface area contributed by atoms with Crippen molar-refractivity contribution in [2.75, 3.05) is 26.7 Å². The van der Waals surface area contributed by atoms with Gasteiger partial charge in [-0.25, -0.2) is 4.68 Å². The van der Waals surface area contributed by atoms with Crippen molar-refractivity contribution in [3.8, 4) is 11.4 Å². The van der Waals surface area contributed by atoms with Gasteiger partial charge in [-0.15, -0.1) is 0 Å². The van der Waals surface area contributed by atoms with Crippen LogP contribution >= 0.6 is 0 Å². The molecule has 4 heterocycles. The highest BCUT2D eigenvalue weighted by molar-refractivity contribution is 5.98. The summed E-state index contributed by atoms with van der Waals surface area (Å²) in [5.41, 5.74) is 3.97. The largest absolute Gasteiger partial charge is 0.494 e. The van der Waals surface area contributed by atoms with Crippen LogP contribution in [0.1, 0.15) is 11.1 Å². The van der Waals surface area contributed by atoms with Crippen LogP contribution in [0.4, 0.5) is 0 Å². The van der Waals surface area contributed by atoms with Crippen LogP contribution in [0.15, 0.2) is 67.1 Å². The molecule has 0 spiro atoms. The number of rotatable bonds is 6. The fourth-order valence-electron chi connectivity index (χ4n) is 5.31. The zero-order valence-corrected chi connectivity index (χ0v) is 20.1. The van der Waals surface area contributed by atoms with Gasteiger partial charge in [-0.05, 0) is 23.8 Å². The molecule has 6 rings (SSSR count). The van der Waals surface area contributed by atoms with E-state index in [9.17, 15) is 9.59 Å². The van der Waals surface area contributed by atoms with Gasteiger partial charge in [-0.1, -0.05) is 30.3 Å². The minimum absolute atomic E-state index is 0.00600. The Balaban J connectivity index is 1.12. The Labute approximate surface area is 208 Å². The van der Waals surface area contributed by atoms with Crippen molar-refractivity contribution in [2.45, 2.75) is 25.0 Å². The van der Waals surface area contributed by atoms with Gasteiger partial charge in [0, 0.05) is 61.5 Å². The van der Waals surface area contributed by atoms with Crippen molar-refractivity contribution in [1.82, 2.24) is 29.9 Å². The maximum Gasteiger partial charge on any atom is 0.246 e. The maximum atomic E-state index is 13.3. The Bertz CT molecular complexity index is 1430. The molecule has 2 aliphatic rings. The van der Waals surface area contributed by atoms with Gasteiger partial charge in [0.25, 0.3) is 0 Å². The number of hydrogen-bond donors (Lipinski definition) is 2. The number of para-hydroxylation sites is 3. The first-order chi connectivity index (χ1) is 17.6. The quantitative estimate of drug-likeness (QED) is 0.437. The molecule has 9 nitrogen and oxygen atoms in total. The normalized spacial score (nSPS) is 20.4. The first-order valence-electron chi connectivity index (χ1n) is 12.2. The molecule has 0 bridgehead atoms. The van der Waals surface area contributed by atoms with Gasteiger partial charge in [0.1, 0.15) is 23.5 Å². The lowest BCUT2D eigenvalue weighted by Gasteiger charge is -2.45. The van der Waals surface area contributed by atoms with Crippen molar-refractivity contribution in [1.29, 1.82) is 0 Å². The van der Waals surface area contributed by atoms with Crippen molar-refractivity contribution < 1.29 is 14.3 Å². The Hall–Kier alpha value is -4.11. The molecule has 2 saturated heterocycles. The van der Waals surface area contributed by atoms with Crippen LogP contribution < -0.4 is 10.1 Å². The van der Waals surface area contributed by atoms with Crippen LogP contribution in [0.3, 0.4) is 0 Å². The van der Waals surface area contributed by atoms with Gasteiger partial charge < -0.3 is 19.9 Å². The first kappa shape index (κ1) is 22.4. The second-order valence-corrected chi connectivity index (χ2v) is 9.37. The van der Waals surface area contributed by atoms with Crippen LogP contribution in [-0.4, -0.2) is 75.2 Å². The summed E-state index contributed by atoms with van der Waals surface area (Å²) in [6.45, 7) is 2.38. The Morgan fingerprint density at radius 2 is 1.92 bits per heavy atom. The van der Waals surface area contributed by atoms with E-state index in [2.05, 4.69) is 20.3 Å². The average molecular weight is 485 g/mol. The summed E-state index contributed by atoms with van der Waals surface area (Å²) >= 11 is 0. The minimum Gasteiger partial charge on any atom is -0.494 e. The van der Waals surface area contributed by atoms with E-state index in [4.69, 9.17) is 4.74 Å². The van der Waals surface area contributed by atoms with E-state index in [0.29, 0.717) is 32.6 Å². The van der Waals surface area contributed by atoms with Crippen LogP contribution in [0, 0.1) is 0 Å². The fourth-order valence-corrected chi connectivity index (χ4v) is 5.31. The number of nitrogens with one attached hydrogen (secondary N) is 2. The van der Waals surface area contributed by atoms with Gasteiger partial charge in [-0.3, -0.25) is 14.5 Å². The molecule has 0 saturated carbocycles. The standard InChI is InChI=1S/C27H28N6O3/c1-36-25-9-5-4-8-23(25)33-16-18(13-29-33)15-31-10-11-32-24(17-31)26(34)30-22(27(32)35)12-19-14-28-21-7-3-2-6-20(19)21/h2-9,13-14,16,22,24,28H,10-12,15,17H2,1H3,(H,30,34)/t22-,24+/m0/s1. The van der Waals surface area contributed by atoms with E-state index in [-0.39, 0.29) is 11.8 Å². The summed E-state index contributed by atoms with van der Waals surface area (Å²) in [7, 11) is 1.64. The number of ether oxygens (including phenoxy) is 1. The molecule has 2 aromatic heterocycles.